The fraction of sp³-hybridized carbons (Fsp3) is 0.0800. The van der Waals surface area contributed by atoms with Gasteiger partial charge in [0.1, 0.15) is 0 Å². The average Bonchev–Trinajstić information content (AvgIpc) is 2.78. The van der Waals surface area contributed by atoms with Crippen molar-refractivity contribution in [1.82, 2.24) is 9.97 Å². The highest BCUT2D eigenvalue weighted by atomic mass is 35.5. The van der Waals surface area contributed by atoms with Gasteiger partial charge in [-0.15, -0.1) is 0 Å². The number of hydrogen-bond donors (Lipinski definition) is 2. The van der Waals surface area contributed by atoms with Gasteiger partial charge in [-0.25, -0.2) is 14.8 Å². The summed E-state index contributed by atoms with van der Waals surface area (Å²) in [6, 6.07) is 22.6. The highest BCUT2D eigenvalue weighted by Crippen LogP contribution is 2.33. The Hall–Kier alpha value is -3.70. The molecular formula is C25H21ClN4O. The first-order chi connectivity index (χ1) is 15.0. The maximum atomic E-state index is 12.8. The Morgan fingerprint density at radius 2 is 1.52 bits per heavy atom. The molecule has 2 N–H and O–H groups in total. The Morgan fingerprint density at radius 3 is 2.23 bits per heavy atom. The number of amides is 2. The summed E-state index contributed by atoms with van der Waals surface area (Å²) in [4.78, 5) is 22.0. The summed E-state index contributed by atoms with van der Waals surface area (Å²) in [5, 5.41) is 6.35. The number of rotatable bonds is 4. The maximum Gasteiger partial charge on any atom is 0.323 e. The van der Waals surface area contributed by atoms with Crippen molar-refractivity contribution >= 4 is 29.0 Å². The van der Waals surface area contributed by atoms with Gasteiger partial charge in [0.15, 0.2) is 5.82 Å². The molecule has 0 radical (unpaired) electrons. The molecule has 0 spiro atoms. The molecule has 154 valence electrons. The molecule has 3 aromatic carbocycles. The second kappa shape index (κ2) is 8.98. The molecule has 0 aliphatic rings. The molecular weight excluding hydrogens is 408 g/mol. The number of carbonyl (C=O) groups is 1. The number of nitrogens with zero attached hydrogens (tertiary/aromatic N) is 2. The molecule has 4 aromatic rings. The van der Waals surface area contributed by atoms with E-state index in [1.807, 2.05) is 80.6 Å². The lowest BCUT2D eigenvalue weighted by molar-refractivity contribution is 0.262. The first kappa shape index (κ1) is 20.6. The molecule has 1 heterocycles. The fourth-order valence-electron chi connectivity index (χ4n) is 3.34. The molecule has 0 saturated carbocycles. The number of anilines is 2. The molecule has 2 amide bonds. The van der Waals surface area contributed by atoms with E-state index in [-0.39, 0.29) is 6.03 Å². The van der Waals surface area contributed by atoms with Crippen molar-refractivity contribution in [3.8, 4) is 22.6 Å². The number of halogens is 1. The normalized spacial score (nSPS) is 10.5. The van der Waals surface area contributed by atoms with Gasteiger partial charge in [0.25, 0.3) is 0 Å². The molecule has 4 rings (SSSR count). The lowest BCUT2D eigenvalue weighted by atomic mass is 10.1. The summed E-state index contributed by atoms with van der Waals surface area (Å²) in [5.41, 5.74) is 5.36. The van der Waals surface area contributed by atoms with E-state index in [2.05, 4.69) is 15.6 Å². The summed E-state index contributed by atoms with van der Waals surface area (Å²) in [6.45, 7) is 3.91. The second-order valence-corrected chi connectivity index (χ2v) is 7.55. The van der Waals surface area contributed by atoms with Gasteiger partial charge in [0.2, 0.25) is 0 Å². The van der Waals surface area contributed by atoms with E-state index in [1.165, 1.54) is 0 Å². The summed E-state index contributed by atoms with van der Waals surface area (Å²) in [5.74, 6) is 0.552. The first-order valence-electron chi connectivity index (χ1n) is 9.84. The Labute approximate surface area is 186 Å². The van der Waals surface area contributed by atoms with Crippen LogP contribution in [0.3, 0.4) is 0 Å². The van der Waals surface area contributed by atoms with Crippen LogP contribution in [-0.2, 0) is 0 Å². The van der Waals surface area contributed by atoms with Gasteiger partial charge in [-0.05, 0) is 31.0 Å². The molecule has 5 nitrogen and oxygen atoms in total. The standard InChI is InChI=1S/C25H21ClN4O/c1-16-9-8-10-17(2)22(16)30-25(31)28-21-15-27-24(18-11-4-3-5-12-18)29-23(21)19-13-6-7-14-20(19)26/h3-15H,1-2H3,(H2,28,30,31). The number of aromatic nitrogens is 2. The van der Waals surface area contributed by atoms with Crippen LogP contribution >= 0.6 is 11.6 Å². The van der Waals surface area contributed by atoms with Crippen LogP contribution < -0.4 is 10.6 Å². The van der Waals surface area contributed by atoms with E-state index in [9.17, 15) is 4.79 Å². The van der Waals surface area contributed by atoms with Gasteiger partial charge in [0.05, 0.1) is 22.6 Å². The number of nitrogens with one attached hydrogen (secondary N) is 2. The highest BCUT2D eigenvalue weighted by Gasteiger charge is 2.16. The minimum Gasteiger partial charge on any atom is -0.307 e. The Bertz CT molecular complexity index is 1220. The molecule has 0 aliphatic heterocycles. The van der Waals surface area contributed by atoms with Crippen LogP contribution in [0.5, 0.6) is 0 Å². The van der Waals surface area contributed by atoms with E-state index < -0.39 is 0 Å². The molecule has 0 unspecified atom stereocenters. The zero-order valence-electron chi connectivity index (χ0n) is 17.2. The zero-order valence-corrected chi connectivity index (χ0v) is 17.9. The van der Waals surface area contributed by atoms with E-state index in [0.29, 0.717) is 27.8 Å². The van der Waals surface area contributed by atoms with Crippen molar-refractivity contribution in [2.24, 2.45) is 0 Å². The van der Waals surface area contributed by atoms with Crippen molar-refractivity contribution in [2.75, 3.05) is 10.6 Å². The Kier molecular flexibility index (Phi) is 5.96. The largest absolute Gasteiger partial charge is 0.323 e. The third-order valence-electron chi connectivity index (χ3n) is 4.92. The first-order valence-corrected chi connectivity index (χ1v) is 10.2. The van der Waals surface area contributed by atoms with Gasteiger partial charge in [-0.2, -0.15) is 0 Å². The van der Waals surface area contributed by atoms with Crippen LogP contribution in [0.4, 0.5) is 16.2 Å². The number of carbonyl (C=O) groups excluding carboxylic acids is 1. The topological polar surface area (TPSA) is 66.9 Å². The number of para-hydroxylation sites is 1. The van der Waals surface area contributed by atoms with Gasteiger partial charge < -0.3 is 10.6 Å². The number of hydrogen-bond acceptors (Lipinski definition) is 3. The number of benzene rings is 3. The third kappa shape index (κ3) is 4.57. The SMILES string of the molecule is Cc1cccc(C)c1NC(=O)Nc1cnc(-c2ccccc2)nc1-c1ccccc1Cl. The van der Waals surface area contributed by atoms with E-state index in [0.717, 1.165) is 22.4 Å². The number of aryl methyl sites for hydroxylation is 2. The van der Waals surface area contributed by atoms with E-state index in [1.54, 1.807) is 12.3 Å². The quantitative estimate of drug-likeness (QED) is 0.379. The van der Waals surface area contributed by atoms with Crippen LogP contribution in [0.2, 0.25) is 5.02 Å². The molecule has 31 heavy (non-hydrogen) atoms. The second-order valence-electron chi connectivity index (χ2n) is 7.15. The summed E-state index contributed by atoms with van der Waals surface area (Å²) in [6.07, 6.45) is 1.61. The molecule has 1 aromatic heterocycles. The maximum absolute atomic E-state index is 12.8. The predicted octanol–water partition coefficient (Wildman–Crippen LogP) is 6.72. The smallest absolute Gasteiger partial charge is 0.307 e. The van der Waals surface area contributed by atoms with Crippen LogP contribution in [0.1, 0.15) is 11.1 Å². The summed E-state index contributed by atoms with van der Waals surface area (Å²) in [7, 11) is 0. The molecule has 6 heteroatoms. The zero-order chi connectivity index (χ0) is 21.8. The summed E-state index contributed by atoms with van der Waals surface area (Å²) < 4.78 is 0. The van der Waals surface area contributed by atoms with Crippen molar-refractivity contribution < 1.29 is 4.79 Å². The third-order valence-corrected chi connectivity index (χ3v) is 5.25. The minimum absolute atomic E-state index is 0.373. The minimum atomic E-state index is -0.373. The number of urea groups is 1. The Balaban J connectivity index is 1.71. The fourth-order valence-corrected chi connectivity index (χ4v) is 3.56. The average molecular weight is 429 g/mol. The molecule has 0 atom stereocenters. The van der Waals surface area contributed by atoms with Crippen molar-refractivity contribution in [2.45, 2.75) is 13.8 Å². The van der Waals surface area contributed by atoms with E-state index in [4.69, 9.17) is 16.6 Å². The lowest BCUT2D eigenvalue weighted by Gasteiger charge is -2.15. The van der Waals surface area contributed by atoms with Gasteiger partial charge in [0, 0.05) is 16.8 Å². The Morgan fingerprint density at radius 1 is 0.839 bits per heavy atom. The van der Waals surface area contributed by atoms with Crippen molar-refractivity contribution in [3.63, 3.8) is 0 Å². The highest BCUT2D eigenvalue weighted by molar-refractivity contribution is 6.33. The molecule has 0 saturated heterocycles. The van der Waals surface area contributed by atoms with E-state index >= 15 is 0 Å². The van der Waals surface area contributed by atoms with Gasteiger partial charge in [-0.3, -0.25) is 0 Å². The molecule has 0 bridgehead atoms. The lowest BCUT2D eigenvalue weighted by Crippen LogP contribution is -2.21. The monoisotopic (exact) mass is 428 g/mol. The van der Waals surface area contributed by atoms with Gasteiger partial charge in [-0.1, -0.05) is 78.3 Å². The van der Waals surface area contributed by atoms with Crippen LogP contribution in [-0.4, -0.2) is 16.0 Å². The van der Waals surface area contributed by atoms with Gasteiger partial charge >= 0.3 is 6.03 Å². The predicted molar refractivity (Wildman–Crippen MR) is 126 cm³/mol. The molecule has 0 aliphatic carbocycles. The van der Waals surface area contributed by atoms with Crippen LogP contribution in [0.15, 0.2) is 79.0 Å². The van der Waals surface area contributed by atoms with Crippen molar-refractivity contribution in [1.29, 1.82) is 0 Å². The van der Waals surface area contributed by atoms with Crippen LogP contribution in [0.25, 0.3) is 22.6 Å². The van der Waals surface area contributed by atoms with Crippen LogP contribution in [0, 0.1) is 13.8 Å². The molecule has 0 fully saturated rings. The summed E-state index contributed by atoms with van der Waals surface area (Å²) >= 11 is 6.45. The van der Waals surface area contributed by atoms with Crippen molar-refractivity contribution in [3.05, 3.63) is 95.1 Å².